The maximum Gasteiger partial charge on any atom is 0.416 e. The number of amides is 1. The number of alkyl halides is 3. The zero-order valence-corrected chi connectivity index (χ0v) is 22.6. The lowest BCUT2D eigenvalue weighted by molar-refractivity contribution is -0.138. The van der Waals surface area contributed by atoms with E-state index in [1.807, 2.05) is 0 Å². The molecule has 5 nitrogen and oxygen atoms in total. The SMILES string of the molecule is O=C(O)Cc1cccc(OCCCN2C(=O)/C(=C/c3cccc(-c4cc(C(F)(F)F)ccc4Cl)c3)SC2=S)c1. The molecule has 202 valence electrons. The summed E-state index contributed by atoms with van der Waals surface area (Å²) in [6, 6.07) is 16.7. The molecule has 0 spiro atoms. The molecule has 1 fully saturated rings. The largest absolute Gasteiger partial charge is 0.494 e. The zero-order chi connectivity index (χ0) is 28.2. The van der Waals surface area contributed by atoms with Gasteiger partial charge in [-0.15, -0.1) is 0 Å². The number of thioether (sulfide) groups is 1. The molecular weight excluding hydrogens is 571 g/mol. The molecule has 0 aromatic heterocycles. The summed E-state index contributed by atoms with van der Waals surface area (Å²) in [5, 5.41) is 9.11. The van der Waals surface area contributed by atoms with Crippen LogP contribution in [0.4, 0.5) is 13.2 Å². The van der Waals surface area contributed by atoms with Crippen molar-refractivity contribution in [1.82, 2.24) is 4.90 Å². The highest BCUT2D eigenvalue weighted by molar-refractivity contribution is 8.26. The van der Waals surface area contributed by atoms with Gasteiger partial charge < -0.3 is 9.84 Å². The van der Waals surface area contributed by atoms with Crippen molar-refractivity contribution in [2.24, 2.45) is 0 Å². The Morgan fingerprint density at radius 3 is 2.62 bits per heavy atom. The molecule has 1 aliphatic heterocycles. The zero-order valence-electron chi connectivity index (χ0n) is 20.2. The summed E-state index contributed by atoms with van der Waals surface area (Å²) in [4.78, 5) is 25.8. The number of ether oxygens (including phenoxy) is 1. The molecule has 3 aromatic rings. The highest BCUT2D eigenvalue weighted by atomic mass is 35.5. The fourth-order valence-corrected chi connectivity index (χ4v) is 5.43. The predicted molar refractivity (Wildman–Crippen MR) is 150 cm³/mol. The summed E-state index contributed by atoms with van der Waals surface area (Å²) in [7, 11) is 0. The van der Waals surface area contributed by atoms with Crippen LogP contribution in [0.3, 0.4) is 0 Å². The van der Waals surface area contributed by atoms with Gasteiger partial charge in [-0.25, -0.2) is 0 Å². The second-order valence-electron chi connectivity index (χ2n) is 8.57. The van der Waals surface area contributed by atoms with E-state index in [1.54, 1.807) is 54.6 Å². The van der Waals surface area contributed by atoms with Gasteiger partial charge in [0.15, 0.2) is 0 Å². The molecule has 0 atom stereocenters. The second-order valence-corrected chi connectivity index (χ2v) is 10.7. The highest BCUT2D eigenvalue weighted by Crippen LogP contribution is 2.37. The Morgan fingerprint density at radius 1 is 1.10 bits per heavy atom. The van der Waals surface area contributed by atoms with Crippen molar-refractivity contribution in [2.45, 2.75) is 19.0 Å². The maximum atomic E-state index is 13.2. The first-order valence-corrected chi connectivity index (χ1v) is 13.3. The first kappa shape index (κ1) is 28.7. The van der Waals surface area contributed by atoms with E-state index in [9.17, 15) is 22.8 Å². The predicted octanol–water partition coefficient (Wildman–Crippen LogP) is 7.32. The molecule has 0 radical (unpaired) electrons. The molecule has 11 heteroatoms. The number of aliphatic carboxylic acids is 1. The lowest BCUT2D eigenvalue weighted by Gasteiger charge is -2.14. The van der Waals surface area contributed by atoms with E-state index in [0.717, 1.165) is 23.9 Å². The van der Waals surface area contributed by atoms with Crippen LogP contribution in [0.5, 0.6) is 5.75 Å². The quantitative estimate of drug-likeness (QED) is 0.160. The van der Waals surface area contributed by atoms with Crippen LogP contribution in [0.2, 0.25) is 5.02 Å². The van der Waals surface area contributed by atoms with Crippen LogP contribution in [-0.2, 0) is 22.2 Å². The van der Waals surface area contributed by atoms with E-state index in [2.05, 4.69) is 0 Å². The summed E-state index contributed by atoms with van der Waals surface area (Å²) in [5.74, 6) is -0.656. The van der Waals surface area contributed by atoms with Gasteiger partial charge in [-0.3, -0.25) is 14.5 Å². The van der Waals surface area contributed by atoms with E-state index < -0.39 is 17.7 Å². The average Bonchev–Trinajstić information content (AvgIpc) is 3.13. The monoisotopic (exact) mass is 591 g/mol. The fourth-order valence-electron chi connectivity index (χ4n) is 3.90. The summed E-state index contributed by atoms with van der Waals surface area (Å²) in [6.07, 6.45) is -2.46. The van der Waals surface area contributed by atoms with Crippen molar-refractivity contribution in [2.75, 3.05) is 13.2 Å². The van der Waals surface area contributed by atoms with E-state index in [1.165, 1.54) is 11.0 Å². The first-order valence-electron chi connectivity index (χ1n) is 11.7. The number of thiocarbonyl (C=S) groups is 1. The van der Waals surface area contributed by atoms with Crippen LogP contribution in [0.15, 0.2) is 71.6 Å². The minimum atomic E-state index is -4.50. The third-order valence-corrected chi connectivity index (χ3v) is 7.42. The number of hydrogen-bond donors (Lipinski definition) is 1. The van der Waals surface area contributed by atoms with E-state index >= 15 is 0 Å². The number of carboxylic acid groups (broad SMARTS) is 1. The minimum Gasteiger partial charge on any atom is -0.494 e. The third-order valence-electron chi connectivity index (χ3n) is 5.71. The molecule has 1 N–H and O–H groups in total. The van der Waals surface area contributed by atoms with Gasteiger partial charge in [-0.05, 0) is 65.6 Å². The summed E-state index contributed by atoms with van der Waals surface area (Å²) in [6.45, 7) is 0.628. The van der Waals surface area contributed by atoms with Crippen LogP contribution in [0, 0.1) is 0 Å². The van der Waals surface area contributed by atoms with Gasteiger partial charge in [0, 0.05) is 17.1 Å². The Bertz CT molecular complexity index is 1460. The Kier molecular flexibility index (Phi) is 8.99. The minimum absolute atomic E-state index is 0.101. The van der Waals surface area contributed by atoms with Gasteiger partial charge in [0.25, 0.3) is 5.91 Å². The van der Waals surface area contributed by atoms with Crippen LogP contribution in [0.25, 0.3) is 17.2 Å². The van der Waals surface area contributed by atoms with Crippen molar-refractivity contribution < 1.29 is 32.6 Å². The fraction of sp³-hybridized carbons (Fsp3) is 0.179. The van der Waals surface area contributed by atoms with Gasteiger partial charge in [0.1, 0.15) is 10.1 Å². The number of hydrogen-bond acceptors (Lipinski definition) is 5. The van der Waals surface area contributed by atoms with Gasteiger partial charge in [-0.1, -0.05) is 65.9 Å². The highest BCUT2D eigenvalue weighted by Gasteiger charge is 2.32. The standard InChI is InChI=1S/C28H21ClF3NO4S2/c29-23-9-8-20(28(30,31)32)16-22(23)19-6-1-4-17(12-19)14-24-26(36)33(27(38)39-24)10-3-11-37-21-7-2-5-18(13-21)15-25(34)35/h1-2,4-9,12-14,16H,3,10-11,15H2,(H,34,35)/b24-14-. The van der Waals surface area contributed by atoms with Gasteiger partial charge in [0.05, 0.1) is 23.5 Å². The number of carbonyl (C=O) groups excluding carboxylic acids is 1. The molecule has 1 saturated heterocycles. The van der Waals surface area contributed by atoms with Gasteiger partial charge in [0.2, 0.25) is 0 Å². The van der Waals surface area contributed by atoms with Crippen LogP contribution < -0.4 is 4.74 Å². The molecule has 3 aromatic carbocycles. The molecule has 4 rings (SSSR count). The topological polar surface area (TPSA) is 66.8 Å². The van der Waals surface area contributed by atoms with E-state index in [4.69, 9.17) is 33.7 Å². The third kappa shape index (κ3) is 7.40. The Labute approximate surface area is 237 Å². The normalized spacial score (nSPS) is 14.8. The molecule has 0 saturated carbocycles. The molecule has 1 heterocycles. The lowest BCUT2D eigenvalue weighted by Crippen LogP contribution is -2.29. The van der Waals surface area contributed by atoms with Crippen molar-refractivity contribution in [3.8, 4) is 16.9 Å². The first-order chi connectivity index (χ1) is 18.5. The van der Waals surface area contributed by atoms with Crippen molar-refractivity contribution in [3.05, 3.63) is 93.3 Å². The van der Waals surface area contributed by atoms with E-state index in [0.29, 0.717) is 51.2 Å². The average molecular weight is 592 g/mol. The molecule has 1 amide bonds. The van der Waals surface area contributed by atoms with Crippen molar-refractivity contribution in [1.29, 1.82) is 0 Å². The molecule has 39 heavy (non-hydrogen) atoms. The van der Waals surface area contributed by atoms with E-state index in [-0.39, 0.29) is 22.9 Å². The maximum absolute atomic E-state index is 13.2. The summed E-state index contributed by atoms with van der Waals surface area (Å²) >= 11 is 12.7. The number of rotatable bonds is 9. The van der Waals surface area contributed by atoms with Gasteiger partial charge in [-0.2, -0.15) is 13.2 Å². The van der Waals surface area contributed by atoms with Crippen molar-refractivity contribution >= 4 is 57.9 Å². The smallest absolute Gasteiger partial charge is 0.416 e. The van der Waals surface area contributed by atoms with Crippen LogP contribution in [-0.4, -0.2) is 39.4 Å². The number of benzene rings is 3. The Morgan fingerprint density at radius 2 is 1.87 bits per heavy atom. The Hall–Kier alpha value is -3.34. The second kappa shape index (κ2) is 12.2. The number of carbonyl (C=O) groups is 2. The molecular formula is C28H21ClF3NO4S2. The summed E-state index contributed by atoms with van der Waals surface area (Å²) in [5.41, 5.74) is 1.17. The molecule has 1 aliphatic rings. The van der Waals surface area contributed by atoms with Crippen molar-refractivity contribution in [3.63, 3.8) is 0 Å². The molecule has 0 unspecified atom stereocenters. The number of carboxylic acids is 1. The number of nitrogens with zero attached hydrogens (tertiary/aromatic N) is 1. The van der Waals surface area contributed by atoms with Crippen LogP contribution in [0.1, 0.15) is 23.1 Å². The van der Waals surface area contributed by atoms with Crippen LogP contribution >= 0.6 is 35.6 Å². The molecule has 0 bridgehead atoms. The summed E-state index contributed by atoms with van der Waals surface area (Å²) < 4.78 is 45.7. The number of halogens is 4. The molecule has 0 aliphatic carbocycles. The van der Waals surface area contributed by atoms with Gasteiger partial charge >= 0.3 is 12.1 Å². The lowest BCUT2D eigenvalue weighted by atomic mass is 10.0. The Balaban J connectivity index is 1.41.